The summed E-state index contributed by atoms with van der Waals surface area (Å²) in [6, 6.07) is 3.97. The molecule has 0 unspecified atom stereocenters. The van der Waals surface area contributed by atoms with Gasteiger partial charge in [0.1, 0.15) is 5.82 Å². The zero-order valence-corrected chi connectivity index (χ0v) is 9.58. The van der Waals surface area contributed by atoms with E-state index >= 15 is 0 Å². The number of hydrogen-bond acceptors (Lipinski definition) is 3. The minimum atomic E-state index is -1.33. The summed E-state index contributed by atoms with van der Waals surface area (Å²) in [6.07, 6.45) is 2.38. The lowest BCUT2D eigenvalue weighted by atomic mass is 10.2. The van der Waals surface area contributed by atoms with E-state index in [0.717, 1.165) is 12.3 Å². The van der Waals surface area contributed by atoms with Crippen molar-refractivity contribution < 1.29 is 13.6 Å². The molecule has 0 spiro atoms. The summed E-state index contributed by atoms with van der Waals surface area (Å²) in [4.78, 5) is 18.6. The molecule has 2 rings (SSSR count). The molecule has 92 valence electrons. The second-order valence-corrected chi connectivity index (χ2v) is 3.71. The number of rotatable bonds is 2. The first kappa shape index (κ1) is 12.4. The van der Waals surface area contributed by atoms with Gasteiger partial charge in [-0.1, -0.05) is 11.6 Å². The number of carbonyl (C=O) groups excluding carboxylic acids is 1. The minimum absolute atomic E-state index is 0.143. The van der Waals surface area contributed by atoms with Crippen LogP contribution >= 0.6 is 11.6 Å². The molecule has 0 bridgehead atoms. The first-order valence-electron chi connectivity index (χ1n) is 4.81. The molecule has 0 aliphatic rings. The van der Waals surface area contributed by atoms with Gasteiger partial charge in [0.15, 0.2) is 5.82 Å². The molecule has 4 nitrogen and oxygen atoms in total. The number of nitrogens with zero attached hydrogens (tertiary/aromatic N) is 2. The average molecular weight is 270 g/mol. The number of amides is 1. The molecule has 7 heteroatoms. The third-order valence-electron chi connectivity index (χ3n) is 2.05. The Kier molecular flexibility index (Phi) is 3.47. The van der Waals surface area contributed by atoms with E-state index in [9.17, 15) is 13.6 Å². The molecule has 0 saturated heterocycles. The summed E-state index contributed by atoms with van der Waals surface area (Å²) in [5.74, 6) is -3.33. The normalized spacial score (nSPS) is 10.2. The molecular formula is C11H6ClF2N3O. The number of aromatic nitrogens is 2. The van der Waals surface area contributed by atoms with Crippen LogP contribution in [0.5, 0.6) is 0 Å². The molecule has 0 atom stereocenters. The number of anilines is 1. The fraction of sp³-hybridized carbons (Fsp3) is 0. The summed E-state index contributed by atoms with van der Waals surface area (Å²) in [6.45, 7) is 0. The number of carbonyl (C=O) groups is 1. The van der Waals surface area contributed by atoms with Crippen LogP contribution in [-0.4, -0.2) is 15.9 Å². The lowest BCUT2D eigenvalue weighted by Crippen LogP contribution is -2.15. The SMILES string of the molecule is O=C(Nc1cc(Cl)ccn1)c1ccnc(F)c1F. The highest BCUT2D eigenvalue weighted by Crippen LogP contribution is 2.14. The Labute approximate surface area is 106 Å². The molecule has 2 heterocycles. The van der Waals surface area contributed by atoms with Gasteiger partial charge in [0, 0.05) is 17.4 Å². The smallest absolute Gasteiger partial charge is 0.260 e. The van der Waals surface area contributed by atoms with Crippen LogP contribution in [0.15, 0.2) is 30.6 Å². The van der Waals surface area contributed by atoms with Crippen molar-refractivity contribution in [3.05, 3.63) is 52.9 Å². The van der Waals surface area contributed by atoms with Crippen LogP contribution in [0.1, 0.15) is 10.4 Å². The van der Waals surface area contributed by atoms with Crippen LogP contribution in [-0.2, 0) is 0 Å². The summed E-state index contributed by atoms with van der Waals surface area (Å²) < 4.78 is 26.1. The van der Waals surface area contributed by atoms with Crippen molar-refractivity contribution in [1.82, 2.24) is 9.97 Å². The summed E-state index contributed by atoms with van der Waals surface area (Å²) in [5.41, 5.74) is -0.454. The highest BCUT2D eigenvalue weighted by Gasteiger charge is 2.16. The molecule has 0 aromatic carbocycles. The highest BCUT2D eigenvalue weighted by atomic mass is 35.5. The molecule has 0 fully saturated rings. The van der Waals surface area contributed by atoms with E-state index < -0.39 is 23.2 Å². The highest BCUT2D eigenvalue weighted by molar-refractivity contribution is 6.30. The maximum Gasteiger partial charge on any atom is 0.260 e. The number of halogens is 3. The van der Waals surface area contributed by atoms with E-state index in [2.05, 4.69) is 15.3 Å². The van der Waals surface area contributed by atoms with E-state index in [-0.39, 0.29) is 5.82 Å². The van der Waals surface area contributed by atoms with Gasteiger partial charge in [-0.25, -0.2) is 14.4 Å². The van der Waals surface area contributed by atoms with Crippen LogP contribution in [0, 0.1) is 11.8 Å². The molecule has 2 aromatic rings. The molecule has 18 heavy (non-hydrogen) atoms. The molecule has 0 radical (unpaired) electrons. The van der Waals surface area contributed by atoms with Crippen LogP contribution in [0.4, 0.5) is 14.6 Å². The first-order valence-corrected chi connectivity index (χ1v) is 5.18. The maximum atomic E-state index is 13.3. The van der Waals surface area contributed by atoms with Crippen LogP contribution in [0.25, 0.3) is 0 Å². The van der Waals surface area contributed by atoms with Gasteiger partial charge >= 0.3 is 0 Å². The molecule has 0 saturated carbocycles. The second kappa shape index (κ2) is 5.05. The lowest BCUT2D eigenvalue weighted by molar-refractivity contribution is 0.102. The third-order valence-corrected chi connectivity index (χ3v) is 2.29. The Morgan fingerprint density at radius 1 is 1.22 bits per heavy atom. The van der Waals surface area contributed by atoms with Crippen molar-refractivity contribution in [1.29, 1.82) is 0 Å². The fourth-order valence-electron chi connectivity index (χ4n) is 1.25. The first-order chi connectivity index (χ1) is 8.58. The zero-order chi connectivity index (χ0) is 13.1. The Morgan fingerprint density at radius 3 is 2.67 bits per heavy atom. The van der Waals surface area contributed by atoms with E-state index in [0.29, 0.717) is 5.02 Å². The molecular weight excluding hydrogens is 264 g/mol. The monoisotopic (exact) mass is 269 g/mol. The summed E-state index contributed by atoms with van der Waals surface area (Å²) >= 11 is 5.70. The van der Waals surface area contributed by atoms with Gasteiger partial charge in [-0.3, -0.25) is 4.79 Å². The Hall–Kier alpha value is -2.08. The minimum Gasteiger partial charge on any atom is -0.306 e. The Balaban J connectivity index is 2.25. The third kappa shape index (κ3) is 2.60. The van der Waals surface area contributed by atoms with Gasteiger partial charge in [-0.05, 0) is 18.2 Å². The summed E-state index contributed by atoms with van der Waals surface area (Å²) in [7, 11) is 0. The zero-order valence-electron chi connectivity index (χ0n) is 8.82. The van der Waals surface area contributed by atoms with Gasteiger partial charge in [-0.15, -0.1) is 0 Å². The van der Waals surface area contributed by atoms with Gasteiger partial charge in [0.25, 0.3) is 5.91 Å². The average Bonchev–Trinajstić information content (AvgIpc) is 2.32. The topological polar surface area (TPSA) is 54.9 Å². The summed E-state index contributed by atoms with van der Waals surface area (Å²) in [5, 5.41) is 2.66. The number of hydrogen-bond donors (Lipinski definition) is 1. The van der Waals surface area contributed by atoms with Gasteiger partial charge in [0.05, 0.1) is 5.56 Å². The van der Waals surface area contributed by atoms with Crippen molar-refractivity contribution in [2.24, 2.45) is 0 Å². The molecule has 1 N–H and O–H groups in total. The van der Waals surface area contributed by atoms with Gasteiger partial charge in [-0.2, -0.15) is 4.39 Å². The van der Waals surface area contributed by atoms with Crippen LogP contribution in [0.3, 0.4) is 0 Å². The number of nitrogens with one attached hydrogen (secondary N) is 1. The van der Waals surface area contributed by atoms with Crippen molar-refractivity contribution in [2.75, 3.05) is 5.32 Å². The second-order valence-electron chi connectivity index (χ2n) is 3.28. The molecule has 0 aliphatic carbocycles. The Bertz CT molecular complexity index is 607. The maximum absolute atomic E-state index is 13.3. The predicted molar refractivity (Wildman–Crippen MR) is 61.4 cm³/mol. The Morgan fingerprint density at radius 2 is 1.94 bits per heavy atom. The lowest BCUT2D eigenvalue weighted by Gasteiger charge is -2.05. The molecule has 1 amide bonds. The fourth-order valence-corrected chi connectivity index (χ4v) is 1.41. The van der Waals surface area contributed by atoms with E-state index in [4.69, 9.17) is 11.6 Å². The van der Waals surface area contributed by atoms with Crippen molar-refractivity contribution in [2.45, 2.75) is 0 Å². The van der Waals surface area contributed by atoms with E-state index in [1.165, 1.54) is 18.3 Å². The molecule has 0 aliphatic heterocycles. The van der Waals surface area contributed by atoms with Crippen molar-refractivity contribution in [3.63, 3.8) is 0 Å². The van der Waals surface area contributed by atoms with Crippen LogP contribution < -0.4 is 5.32 Å². The molecule has 2 aromatic heterocycles. The van der Waals surface area contributed by atoms with Gasteiger partial charge in [0.2, 0.25) is 5.95 Å². The van der Waals surface area contributed by atoms with Crippen molar-refractivity contribution in [3.8, 4) is 0 Å². The van der Waals surface area contributed by atoms with Crippen molar-refractivity contribution >= 4 is 23.3 Å². The largest absolute Gasteiger partial charge is 0.306 e. The number of pyridine rings is 2. The van der Waals surface area contributed by atoms with Gasteiger partial charge < -0.3 is 5.32 Å². The quantitative estimate of drug-likeness (QED) is 0.853. The predicted octanol–water partition coefficient (Wildman–Crippen LogP) is 2.66. The van der Waals surface area contributed by atoms with E-state index in [1.807, 2.05) is 0 Å². The van der Waals surface area contributed by atoms with Crippen LogP contribution in [0.2, 0.25) is 5.02 Å². The van der Waals surface area contributed by atoms with E-state index in [1.54, 1.807) is 0 Å². The standard InChI is InChI=1S/C11H6ClF2N3O/c12-6-1-3-15-8(5-6)17-11(18)7-2-4-16-10(14)9(7)13/h1-5H,(H,15,17,18).